The highest BCUT2D eigenvalue weighted by molar-refractivity contribution is 5.66. The summed E-state index contributed by atoms with van der Waals surface area (Å²) in [6, 6.07) is 8.02. The van der Waals surface area contributed by atoms with E-state index < -0.39 is 5.97 Å². The van der Waals surface area contributed by atoms with E-state index >= 15 is 0 Å². The minimum atomic E-state index is -0.653. The number of carboxylic acid groups (broad SMARTS) is 1. The van der Waals surface area contributed by atoms with Gasteiger partial charge >= 0.3 is 5.97 Å². The van der Waals surface area contributed by atoms with E-state index in [9.17, 15) is 4.79 Å². The van der Waals surface area contributed by atoms with Gasteiger partial charge in [0.25, 0.3) is 0 Å². The van der Waals surface area contributed by atoms with Crippen molar-refractivity contribution in [3.05, 3.63) is 48.6 Å². The molecule has 0 aromatic heterocycles. The predicted octanol–water partition coefficient (Wildman–Crippen LogP) is 9.31. The molecule has 1 rings (SSSR count). The van der Waals surface area contributed by atoms with Crippen LogP contribution in [-0.4, -0.2) is 11.1 Å². The van der Waals surface area contributed by atoms with Gasteiger partial charge in [-0.15, -0.1) is 0 Å². The Kier molecular flexibility index (Phi) is 20.5. The summed E-state index contributed by atoms with van der Waals surface area (Å²) >= 11 is 0. The average molecular weight is 415 g/mol. The van der Waals surface area contributed by atoms with Crippen molar-refractivity contribution in [2.24, 2.45) is 0 Å². The minimum Gasteiger partial charge on any atom is -0.481 e. The van der Waals surface area contributed by atoms with E-state index in [4.69, 9.17) is 5.11 Å². The van der Waals surface area contributed by atoms with Crippen molar-refractivity contribution < 1.29 is 9.90 Å². The van der Waals surface area contributed by atoms with E-state index in [-0.39, 0.29) is 0 Å². The van der Waals surface area contributed by atoms with Crippen LogP contribution < -0.4 is 0 Å². The Morgan fingerprint density at radius 2 is 1.03 bits per heavy atom. The fourth-order valence-corrected chi connectivity index (χ4v) is 3.53. The van der Waals surface area contributed by atoms with Crippen molar-refractivity contribution in [1.82, 2.24) is 0 Å². The molecule has 0 saturated carbocycles. The summed E-state index contributed by atoms with van der Waals surface area (Å²) in [4.78, 5) is 10.3. The van der Waals surface area contributed by atoms with E-state index in [1.165, 1.54) is 83.5 Å². The van der Waals surface area contributed by atoms with Gasteiger partial charge in [-0.3, -0.25) is 4.79 Å². The van der Waals surface area contributed by atoms with Crippen molar-refractivity contribution in [3.8, 4) is 0 Å². The summed E-state index contributed by atoms with van der Waals surface area (Å²) in [5.41, 5.74) is 2.27. The number of benzene rings is 1. The lowest BCUT2D eigenvalue weighted by Gasteiger charge is -2.03. The van der Waals surface area contributed by atoms with E-state index in [1.54, 1.807) is 0 Å². The normalized spacial score (nSPS) is 10.2. The lowest BCUT2D eigenvalue weighted by Crippen LogP contribution is -1.93. The number of hydrogen-bond acceptors (Lipinski definition) is 1. The molecule has 1 aromatic carbocycles. The zero-order chi connectivity index (χ0) is 22.3. The minimum absolute atomic E-state index is 0.345. The maximum absolute atomic E-state index is 10.3. The van der Waals surface area contributed by atoms with Gasteiger partial charge in [-0.05, 0) is 17.5 Å². The lowest BCUT2D eigenvalue weighted by atomic mass is 10.0. The summed E-state index contributed by atoms with van der Waals surface area (Å²) in [7, 11) is 0. The van der Waals surface area contributed by atoms with E-state index in [0.717, 1.165) is 24.0 Å². The molecule has 1 N–H and O–H groups in total. The van der Waals surface area contributed by atoms with Gasteiger partial charge in [0.05, 0.1) is 0 Å². The predicted molar refractivity (Wildman–Crippen MR) is 134 cm³/mol. The van der Waals surface area contributed by atoms with Crippen LogP contribution >= 0.6 is 0 Å². The molecule has 0 aliphatic carbocycles. The van der Waals surface area contributed by atoms with Crippen LogP contribution in [0.4, 0.5) is 0 Å². The number of rotatable bonds is 18. The highest BCUT2D eigenvalue weighted by Gasteiger charge is 1.97. The highest BCUT2D eigenvalue weighted by atomic mass is 16.4. The van der Waals surface area contributed by atoms with Gasteiger partial charge in [0.1, 0.15) is 0 Å². The molecule has 0 spiro atoms. The third-order valence-electron chi connectivity index (χ3n) is 5.43. The lowest BCUT2D eigenvalue weighted by molar-refractivity contribution is -0.137. The molecule has 1 aromatic rings. The molecule has 2 heteroatoms. The first-order valence-corrected chi connectivity index (χ1v) is 12.2. The molecule has 0 bridgehead atoms. The molecule has 0 saturated heterocycles. The quantitative estimate of drug-likeness (QED) is 0.243. The Bertz CT molecular complexity index is 520. The van der Waals surface area contributed by atoms with E-state index in [1.807, 2.05) is 36.4 Å². The van der Waals surface area contributed by atoms with Gasteiger partial charge in [-0.25, -0.2) is 0 Å². The summed E-state index contributed by atoms with van der Waals surface area (Å²) in [6.45, 7) is 9.65. The Morgan fingerprint density at radius 1 is 0.700 bits per heavy atom. The first-order chi connectivity index (χ1) is 14.7. The third-order valence-corrected chi connectivity index (χ3v) is 5.43. The zero-order valence-corrected chi connectivity index (χ0v) is 19.5. The van der Waals surface area contributed by atoms with Gasteiger partial charge in [-0.1, -0.05) is 146 Å². The topological polar surface area (TPSA) is 37.3 Å². The molecule has 2 nitrogen and oxygen atoms in total. The maximum atomic E-state index is 10.3. The third kappa shape index (κ3) is 18.2. The molecule has 0 unspecified atom stereocenters. The Hall–Kier alpha value is -1.83. The monoisotopic (exact) mass is 414 g/mol. The van der Waals surface area contributed by atoms with Gasteiger partial charge in [0, 0.05) is 6.42 Å². The number of hydrogen-bond donors (Lipinski definition) is 1. The van der Waals surface area contributed by atoms with Gasteiger partial charge in [-0.2, -0.15) is 0 Å². The van der Waals surface area contributed by atoms with Crippen LogP contribution in [0, 0.1) is 0 Å². The second kappa shape index (κ2) is 21.9. The van der Waals surface area contributed by atoms with Gasteiger partial charge in [0.15, 0.2) is 0 Å². The number of carbonyl (C=O) groups is 1. The van der Waals surface area contributed by atoms with Crippen molar-refractivity contribution >= 4 is 18.1 Å². The molecular weight excluding hydrogens is 368 g/mol. The highest BCUT2D eigenvalue weighted by Crippen LogP contribution is 2.13. The molecule has 30 heavy (non-hydrogen) atoms. The number of aliphatic carboxylic acids is 1. The summed E-state index contributed by atoms with van der Waals surface area (Å²) in [6.07, 6.45) is 23.9. The summed E-state index contributed by atoms with van der Waals surface area (Å²) in [5.74, 6) is -0.653. The molecule has 0 atom stereocenters. The van der Waals surface area contributed by atoms with Crippen molar-refractivity contribution in [3.63, 3.8) is 0 Å². The molecule has 0 heterocycles. The van der Waals surface area contributed by atoms with Gasteiger partial charge in [0.2, 0.25) is 0 Å². The van der Waals surface area contributed by atoms with Gasteiger partial charge < -0.3 is 5.11 Å². The maximum Gasteiger partial charge on any atom is 0.303 e. The Morgan fingerprint density at radius 3 is 1.33 bits per heavy atom. The fourth-order valence-electron chi connectivity index (χ4n) is 3.53. The van der Waals surface area contributed by atoms with Crippen LogP contribution in [0.25, 0.3) is 12.2 Å². The van der Waals surface area contributed by atoms with Crippen LogP contribution in [0.3, 0.4) is 0 Å². The second-order valence-electron chi connectivity index (χ2n) is 8.13. The van der Waals surface area contributed by atoms with Crippen LogP contribution in [0.5, 0.6) is 0 Å². The van der Waals surface area contributed by atoms with Crippen molar-refractivity contribution in [2.45, 2.75) is 110 Å². The van der Waals surface area contributed by atoms with Crippen molar-refractivity contribution in [2.75, 3.05) is 0 Å². The zero-order valence-electron chi connectivity index (χ0n) is 19.5. The molecule has 0 aliphatic heterocycles. The Labute approximate surface area is 186 Å². The number of carboxylic acids is 1. The molecule has 0 radical (unpaired) electrons. The molecule has 0 aliphatic rings. The smallest absolute Gasteiger partial charge is 0.303 e. The SMILES string of the molecule is C=Cc1ccccc1C=C.CCCCCCCCCCCCCCCCCC(=O)O. The van der Waals surface area contributed by atoms with Crippen LogP contribution in [-0.2, 0) is 4.79 Å². The summed E-state index contributed by atoms with van der Waals surface area (Å²) in [5, 5.41) is 8.52. The number of unbranched alkanes of at least 4 members (excludes halogenated alkanes) is 14. The average Bonchev–Trinajstić information content (AvgIpc) is 2.76. The molecular formula is C28H46O2. The van der Waals surface area contributed by atoms with E-state index in [0.29, 0.717) is 6.42 Å². The fraction of sp³-hybridized carbons (Fsp3) is 0.607. The van der Waals surface area contributed by atoms with Crippen LogP contribution in [0.15, 0.2) is 37.4 Å². The first-order valence-electron chi connectivity index (χ1n) is 12.2. The molecule has 170 valence electrons. The molecule has 0 amide bonds. The largest absolute Gasteiger partial charge is 0.481 e. The van der Waals surface area contributed by atoms with E-state index in [2.05, 4.69) is 20.1 Å². The van der Waals surface area contributed by atoms with Crippen LogP contribution in [0.1, 0.15) is 121 Å². The Balaban J connectivity index is 0.000000696. The second-order valence-corrected chi connectivity index (χ2v) is 8.13. The summed E-state index contributed by atoms with van der Waals surface area (Å²) < 4.78 is 0. The molecule has 0 fully saturated rings. The first kappa shape index (κ1) is 28.2. The van der Waals surface area contributed by atoms with Crippen molar-refractivity contribution in [1.29, 1.82) is 0 Å². The standard InChI is InChI=1S/C18H36O2.C10H10/c1-2-3-4-5-6-7-8-9-10-11-12-13-14-15-16-17-18(19)20;1-3-9-7-5-6-8-10(9)4-2/h2-17H2,1H3,(H,19,20);3-8H,1-2H2. The van der Waals surface area contributed by atoms with Crippen LogP contribution in [0.2, 0.25) is 0 Å².